The van der Waals surface area contributed by atoms with Crippen LogP contribution in [0.15, 0.2) is 36.7 Å². The smallest absolute Gasteiger partial charge is 0.240 e. The maximum absolute atomic E-state index is 12.7. The highest BCUT2D eigenvalue weighted by atomic mass is 16.2. The van der Waals surface area contributed by atoms with Crippen LogP contribution in [0.3, 0.4) is 0 Å². The molecule has 2 N–H and O–H groups in total. The normalized spacial score (nSPS) is 16.9. The Hall–Kier alpha value is -2.63. The van der Waals surface area contributed by atoms with E-state index < -0.39 is 11.9 Å². The van der Waals surface area contributed by atoms with Crippen LogP contribution in [-0.4, -0.2) is 27.6 Å². The molecule has 0 radical (unpaired) electrons. The van der Waals surface area contributed by atoms with E-state index in [1.54, 1.807) is 15.8 Å². The number of benzene rings is 1. The number of hydrogen-bond donors (Lipinski definition) is 1. The third kappa shape index (κ3) is 3.11. The number of nitrogens with zero attached hydrogens (tertiary/aromatic N) is 3. The number of para-hydroxylation sites is 1. The van der Waals surface area contributed by atoms with Crippen molar-refractivity contribution in [3.8, 4) is 0 Å². The van der Waals surface area contributed by atoms with Gasteiger partial charge in [0, 0.05) is 25.4 Å². The molecule has 1 aromatic heterocycles. The van der Waals surface area contributed by atoms with Crippen molar-refractivity contribution in [1.29, 1.82) is 0 Å². The summed E-state index contributed by atoms with van der Waals surface area (Å²) < 4.78 is 1.71. The molecule has 2 heterocycles. The van der Waals surface area contributed by atoms with Crippen LogP contribution in [0.5, 0.6) is 0 Å². The number of fused-ring (bicyclic) bond motifs is 1. The van der Waals surface area contributed by atoms with Gasteiger partial charge in [0.2, 0.25) is 11.8 Å². The second-order valence-corrected chi connectivity index (χ2v) is 5.87. The Morgan fingerprint density at radius 2 is 2.13 bits per heavy atom. The van der Waals surface area contributed by atoms with Crippen LogP contribution in [-0.2, 0) is 29.5 Å². The number of carbonyl (C=O) groups excluding carboxylic acids is 2. The summed E-state index contributed by atoms with van der Waals surface area (Å²) in [6.07, 6.45) is 5.90. The summed E-state index contributed by atoms with van der Waals surface area (Å²) in [5, 5.41) is 4.10. The van der Waals surface area contributed by atoms with Gasteiger partial charge in [-0.3, -0.25) is 19.2 Å². The standard InChI is InChI=1S/C17H20N4O2/c1-20-11-12(10-19-20)6-9-16(22)21-14-5-3-2-4-13(14)7-8-15(21)17(18)23/h2-5,10-11,15H,6-9H2,1H3,(H2,18,23)/t15-/m1/s1. The third-order valence-electron chi connectivity index (χ3n) is 4.23. The van der Waals surface area contributed by atoms with E-state index >= 15 is 0 Å². The van der Waals surface area contributed by atoms with Crippen molar-refractivity contribution < 1.29 is 9.59 Å². The molecule has 1 aliphatic heterocycles. The zero-order valence-corrected chi connectivity index (χ0v) is 13.1. The fraction of sp³-hybridized carbons (Fsp3) is 0.353. The van der Waals surface area contributed by atoms with E-state index in [4.69, 9.17) is 5.73 Å². The van der Waals surface area contributed by atoms with Gasteiger partial charge in [-0.2, -0.15) is 5.10 Å². The van der Waals surface area contributed by atoms with Crippen molar-refractivity contribution in [2.75, 3.05) is 4.90 Å². The lowest BCUT2D eigenvalue weighted by Crippen LogP contribution is -2.50. The minimum Gasteiger partial charge on any atom is -0.368 e. The van der Waals surface area contributed by atoms with Gasteiger partial charge in [-0.05, 0) is 36.5 Å². The summed E-state index contributed by atoms with van der Waals surface area (Å²) in [6, 6.07) is 7.14. The molecule has 0 aliphatic carbocycles. The highest BCUT2D eigenvalue weighted by Crippen LogP contribution is 2.31. The maximum atomic E-state index is 12.7. The van der Waals surface area contributed by atoms with Gasteiger partial charge in [-0.1, -0.05) is 18.2 Å². The van der Waals surface area contributed by atoms with Gasteiger partial charge in [0.1, 0.15) is 6.04 Å². The summed E-state index contributed by atoms with van der Waals surface area (Å²) >= 11 is 0. The zero-order chi connectivity index (χ0) is 16.4. The molecule has 6 nitrogen and oxygen atoms in total. The molecule has 2 amide bonds. The Morgan fingerprint density at radius 1 is 1.35 bits per heavy atom. The molecule has 0 fully saturated rings. The molecule has 0 spiro atoms. The lowest BCUT2D eigenvalue weighted by atomic mass is 9.94. The van der Waals surface area contributed by atoms with Crippen LogP contribution < -0.4 is 10.6 Å². The molecule has 6 heteroatoms. The summed E-state index contributed by atoms with van der Waals surface area (Å²) in [4.78, 5) is 26.1. The number of aryl methyl sites for hydroxylation is 3. The monoisotopic (exact) mass is 312 g/mol. The molecule has 0 unspecified atom stereocenters. The Balaban J connectivity index is 1.81. The first-order valence-corrected chi connectivity index (χ1v) is 7.73. The van der Waals surface area contributed by atoms with Crippen molar-refractivity contribution >= 4 is 17.5 Å². The van der Waals surface area contributed by atoms with E-state index in [-0.39, 0.29) is 5.91 Å². The van der Waals surface area contributed by atoms with Crippen LogP contribution in [0.1, 0.15) is 24.0 Å². The number of amides is 2. The molecule has 0 bridgehead atoms. The molecule has 0 saturated heterocycles. The topological polar surface area (TPSA) is 81.2 Å². The summed E-state index contributed by atoms with van der Waals surface area (Å²) in [6.45, 7) is 0. The molecule has 23 heavy (non-hydrogen) atoms. The van der Waals surface area contributed by atoms with Gasteiger partial charge in [0.25, 0.3) is 0 Å². The van der Waals surface area contributed by atoms with Crippen molar-refractivity contribution in [1.82, 2.24) is 9.78 Å². The number of anilines is 1. The molecule has 0 saturated carbocycles. The van der Waals surface area contributed by atoms with Gasteiger partial charge in [-0.15, -0.1) is 0 Å². The minimum atomic E-state index is -0.564. The SMILES string of the molecule is Cn1cc(CCC(=O)N2c3ccccc3CC[C@@H]2C(N)=O)cn1. The van der Waals surface area contributed by atoms with Crippen LogP contribution in [0.4, 0.5) is 5.69 Å². The number of carbonyl (C=O) groups is 2. The zero-order valence-electron chi connectivity index (χ0n) is 13.1. The number of aromatic nitrogens is 2. The van der Waals surface area contributed by atoms with Gasteiger partial charge in [0.15, 0.2) is 0 Å². The first-order valence-electron chi connectivity index (χ1n) is 7.73. The number of nitrogens with two attached hydrogens (primary N) is 1. The summed E-state index contributed by atoms with van der Waals surface area (Å²) in [5.41, 5.74) is 8.41. The van der Waals surface area contributed by atoms with Gasteiger partial charge >= 0.3 is 0 Å². The van der Waals surface area contributed by atoms with E-state index in [1.807, 2.05) is 37.5 Å². The van der Waals surface area contributed by atoms with E-state index in [0.29, 0.717) is 19.3 Å². The van der Waals surface area contributed by atoms with Gasteiger partial charge < -0.3 is 5.73 Å². The van der Waals surface area contributed by atoms with Crippen molar-refractivity contribution in [3.05, 3.63) is 47.8 Å². The predicted molar refractivity (Wildman–Crippen MR) is 86.8 cm³/mol. The molecule has 120 valence electrons. The van der Waals surface area contributed by atoms with E-state index in [0.717, 1.165) is 23.2 Å². The second kappa shape index (κ2) is 6.24. The number of primary amides is 1. The minimum absolute atomic E-state index is 0.0789. The van der Waals surface area contributed by atoms with Crippen molar-refractivity contribution in [2.45, 2.75) is 31.7 Å². The first-order chi connectivity index (χ1) is 11.1. The fourth-order valence-electron chi connectivity index (χ4n) is 3.10. The molecule has 2 aromatic rings. The molecular formula is C17H20N4O2. The second-order valence-electron chi connectivity index (χ2n) is 5.87. The van der Waals surface area contributed by atoms with Gasteiger partial charge in [0.05, 0.1) is 6.20 Å². The Labute approximate surface area is 134 Å². The van der Waals surface area contributed by atoms with Crippen molar-refractivity contribution in [3.63, 3.8) is 0 Å². The average molecular weight is 312 g/mol. The van der Waals surface area contributed by atoms with Crippen LogP contribution in [0.2, 0.25) is 0 Å². The molecule has 3 rings (SSSR count). The van der Waals surface area contributed by atoms with Crippen molar-refractivity contribution in [2.24, 2.45) is 12.8 Å². The third-order valence-corrected chi connectivity index (χ3v) is 4.23. The average Bonchev–Trinajstić information content (AvgIpc) is 2.96. The molecule has 1 aliphatic rings. The largest absolute Gasteiger partial charge is 0.368 e. The Morgan fingerprint density at radius 3 is 2.83 bits per heavy atom. The van der Waals surface area contributed by atoms with Crippen LogP contribution >= 0.6 is 0 Å². The van der Waals surface area contributed by atoms with Crippen LogP contribution in [0, 0.1) is 0 Å². The summed E-state index contributed by atoms with van der Waals surface area (Å²) in [5.74, 6) is -0.529. The Bertz CT molecular complexity index is 738. The Kier molecular flexibility index (Phi) is 4.14. The quantitative estimate of drug-likeness (QED) is 0.920. The lowest BCUT2D eigenvalue weighted by Gasteiger charge is -2.35. The molecular weight excluding hydrogens is 292 g/mol. The van der Waals surface area contributed by atoms with E-state index in [9.17, 15) is 9.59 Å². The first kappa shape index (κ1) is 15.3. The maximum Gasteiger partial charge on any atom is 0.240 e. The highest BCUT2D eigenvalue weighted by Gasteiger charge is 2.33. The van der Waals surface area contributed by atoms with Gasteiger partial charge in [-0.25, -0.2) is 0 Å². The van der Waals surface area contributed by atoms with E-state index in [1.165, 1.54) is 0 Å². The highest BCUT2D eigenvalue weighted by molar-refractivity contribution is 6.01. The van der Waals surface area contributed by atoms with E-state index in [2.05, 4.69) is 5.10 Å². The fourth-order valence-corrected chi connectivity index (χ4v) is 3.10. The number of rotatable bonds is 4. The lowest BCUT2D eigenvalue weighted by molar-refractivity contribution is -0.124. The van der Waals surface area contributed by atoms with Crippen LogP contribution in [0.25, 0.3) is 0 Å². The molecule has 1 atom stereocenters. The number of hydrogen-bond acceptors (Lipinski definition) is 3. The summed E-state index contributed by atoms with van der Waals surface area (Å²) in [7, 11) is 1.84. The predicted octanol–water partition coefficient (Wildman–Crippen LogP) is 1.19. The molecule has 1 aromatic carbocycles.